The van der Waals surface area contributed by atoms with Crippen molar-refractivity contribution in [2.24, 2.45) is 5.92 Å². The van der Waals surface area contributed by atoms with E-state index in [1.165, 1.54) is 23.1 Å². The van der Waals surface area contributed by atoms with Gasteiger partial charge in [0.2, 0.25) is 5.91 Å². The Morgan fingerprint density at radius 3 is 2.97 bits per heavy atom. The summed E-state index contributed by atoms with van der Waals surface area (Å²) in [6.07, 6.45) is 2.14. The minimum Gasteiger partial charge on any atom is -0.394 e. The molecule has 2 N–H and O–H groups in total. The number of aromatic nitrogens is 3. The first-order valence-electron chi connectivity index (χ1n) is 11.5. The van der Waals surface area contributed by atoms with Crippen molar-refractivity contribution in [2.75, 3.05) is 32.1 Å². The number of aliphatic hydroxyl groups is 1. The van der Waals surface area contributed by atoms with E-state index in [-0.39, 0.29) is 37.6 Å². The van der Waals surface area contributed by atoms with Gasteiger partial charge < -0.3 is 25.0 Å². The summed E-state index contributed by atoms with van der Waals surface area (Å²) >= 11 is 0. The summed E-state index contributed by atoms with van der Waals surface area (Å²) in [5, 5.41) is 20.4. The molecular formula is C23H33FN6O4. The third-order valence-electron chi connectivity index (χ3n) is 6.02. The maximum Gasteiger partial charge on any atom is 0.321 e. The maximum atomic E-state index is 13.5. The number of amides is 3. The van der Waals surface area contributed by atoms with Gasteiger partial charge in [0, 0.05) is 44.7 Å². The number of aliphatic hydroxyl groups excluding tert-OH is 1. The van der Waals surface area contributed by atoms with Crippen LogP contribution in [0.4, 0.5) is 14.9 Å². The lowest BCUT2D eigenvalue weighted by Gasteiger charge is -2.35. The van der Waals surface area contributed by atoms with Crippen LogP contribution < -0.4 is 5.32 Å². The molecule has 0 saturated carbocycles. The van der Waals surface area contributed by atoms with Gasteiger partial charge in [-0.1, -0.05) is 18.2 Å². The molecule has 3 rings (SSSR count). The zero-order valence-corrected chi connectivity index (χ0v) is 19.9. The zero-order chi connectivity index (χ0) is 24.7. The molecule has 0 fully saturated rings. The Morgan fingerprint density at radius 1 is 1.44 bits per heavy atom. The van der Waals surface area contributed by atoms with E-state index in [0.29, 0.717) is 31.6 Å². The van der Waals surface area contributed by atoms with Crippen molar-refractivity contribution >= 4 is 17.6 Å². The predicted octanol–water partition coefficient (Wildman–Crippen LogP) is 2.11. The summed E-state index contributed by atoms with van der Waals surface area (Å²) in [7, 11) is 1.63. The van der Waals surface area contributed by atoms with Gasteiger partial charge >= 0.3 is 6.03 Å². The molecular weight excluding hydrogens is 443 g/mol. The van der Waals surface area contributed by atoms with Crippen LogP contribution in [-0.2, 0) is 22.7 Å². The van der Waals surface area contributed by atoms with E-state index in [0.717, 1.165) is 5.69 Å². The number of benzene rings is 1. The van der Waals surface area contributed by atoms with Crippen LogP contribution in [-0.4, -0.2) is 80.7 Å². The Bertz CT molecular complexity index is 970. The Kier molecular flexibility index (Phi) is 8.94. The Balaban J connectivity index is 1.76. The standard InChI is InChI=1S/C23H33FN6O4/c1-16-12-29(17(2)14-31)22(32)8-5-9-30-20(11-25-27-30)15-34-21(16)13-28(3)23(33)26-19-7-4-6-18(24)10-19/h4,6-7,10-11,16-17,21,31H,5,8-9,12-15H2,1-3H3,(H,26,33)/t16-,17-,21+/m1/s1. The number of anilines is 1. The van der Waals surface area contributed by atoms with Crippen LogP contribution in [0.1, 0.15) is 32.4 Å². The molecule has 2 aromatic rings. The summed E-state index contributed by atoms with van der Waals surface area (Å²) in [6.45, 7) is 5.01. The molecule has 11 heteroatoms. The molecule has 3 atom stereocenters. The van der Waals surface area contributed by atoms with Gasteiger partial charge in [-0.05, 0) is 31.5 Å². The average Bonchev–Trinajstić information content (AvgIpc) is 3.25. The molecule has 1 aromatic heterocycles. The van der Waals surface area contributed by atoms with Gasteiger partial charge in [0.1, 0.15) is 5.82 Å². The van der Waals surface area contributed by atoms with Gasteiger partial charge in [-0.15, -0.1) is 5.10 Å². The van der Waals surface area contributed by atoms with Gasteiger partial charge in [0.25, 0.3) is 0 Å². The number of carbonyl (C=O) groups excluding carboxylic acids is 2. The molecule has 2 heterocycles. The van der Waals surface area contributed by atoms with Crippen molar-refractivity contribution in [3.8, 4) is 0 Å². The molecule has 1 aromatic carbocycles. The molecule has 186 valence electrons. The number of urea groups is 1. The highest BCUT2D eigenvalue weighted by Crippen LogP contribution is 2.19. The molecule has 0 aliphatic carbocycles. The number of aryl methyl sites for hydroxylation is 1. The van der Waals surface area contributed by atoms with E-state index in [4.69, 9.17) is 4.74 Å². The lowest BCUT2D eigenvalue weighted by molar-refractivity contribution is -0.136. The first kappa shape index (κ1) is 25.6. The smallest absolute Gasteiger partial charge is 0.321 e. The third kappa shape index (κ3) is 6.73. The Morgan fingerprint density at radius 2 is 2.24 bits per heavy atom. The quantitative estimate of drug-likeness (QED) is 0.684. The van der Waals surface area contributed by atoms with E-state index in [9.17, 15) is 19.1 Å². The van der Waals surface area contributed by atoms with Crippen LogP contribution in [0.5, 0.6) is 0 Å². The first-order valence-corrected chi connectivity index (χ1v) is 11.5. The molecule has 34 heavy (non-hydrogen) atoms. The summed E-state index contributed by atoms with van der Waals surface area (Å²) in [5.41, 5.74) is 1.14. The van der Waals surface area contributed by atoms with Crippen LogP contribution in [0.3, 0.4) is 0 Å². The minimum atomic E-state index is -0.440. The Hall–Kier alpha value is -3.05. The van der Waals surface area contributed by atoms with Gasteiger partial charge in [-0.3, -0.25) is 4.79 Å². The van der Waals surface area contributed by atoms with Crippen molar-refractivity contribution in [1.29, 1.82) is 0 Å². The number of ether oxygens (including phenoxy) is 1. The van der Waals surface area contributed by atoms with E-state index < -0.39 is 18.0 Å². The summed E-state index contributed by atoms with van der Waals surface area (Å²) in [5.74, 6) is -0.637. The highest BCUT2D eigenvalue weighted by Gasteiger charge is 2.29. The fourth-order valence-corrected chi connectivity index (χ4v) is 3.88. The minimum absolute atomic E-state index is 0.0495. The second-order valence-corrected chi connectivity index (χ2v) is 8.78. The largest absolute Gasteiger partial charge is 0.394 e. The van der Waals surface area contributed by atoms with Gasteiger partial charge in [0.15, 0.2) is 0 Å². The fourth-order valence-electron chi connectivity index (χ4n) is 3.88. The fraction of sp³-hybridized carbons (Fsp3) is 0.565. The molecule has 0 spiro atoms. The average molecular weight is 477 g/mol. The van der Waals surface area contributed by atoms with E-state index in [1.807, 2.05) is 6.92 Å². The lowest BCUT2D eigenvalue weighted by atomic mass is 10.0. The van der Waals surface area contributed by atoms with Gasteiger partial charge in [-0.2, -0.15) is 0 Å². The number of carbonyl (C=O) groups is 2. The maximum absolute atomic E-state index is 13.5. The molecule has 0 radical (unpaired) electrons. The van der Waals surface area contributed by atoms with Crippen LogP contribution in [0.15, 0.2) is 30.5 Å². The summed E-state index contributed by atoms with van der Waals surface area (Å²) in [6, 6.07) is 4.94. The van der Waals surface area contributed by atoms with E-state index in [2.05, 4.69) is 15.6 Å². The first-order chi connectivity index (χ1) is 16.3. The van der Waals surface area contributed by atoms with Crippen LogP contribution in [0, 0.1) is 11.7 Å². The van der Waals surface area contributed by atoms with Crippen molar-refractivity contribution in [3.05, 3.63) is 42.0 Å². The van der Waals surface area contributed by atoms with Gasteiger partial charge in [0.05, 0.1) is 37.3 Å². The van der Waals surface area contributed by atoms with Crippen molar-refractivity contribution in [3.63, 3.8) is 0 Å². The molecule has 0 bridgehead atoms. The molecule has 1 aliphatic heterocycles. The van der Waals surface area contributed by atoms with E-state index >= 15 is 0 Å². The molecule has 3 amide bonds. The number of hydrogen-bond donors (Lipinski definition) is 2. The van der Waals surface area contributed by atoms with Crippen molar-refractivity contribution in [1.82, 2.24) is 24.8 Å². The second-order valence-electron chi connectivity index (χ2n) is 8.78. The van der Waals surface area contributed by atoms with Crippen LogP contribution >= 0.6 is 0 Å². The number of rotatable bonds is 5. The van der Waals surface area contributed by atoms with E-state index in [1.54, 1.807) is 35.8 Å². The summed E-state index contributed by atoms with van der Waals surface area (Å²) < 4.78 is 21.4. The SMILES string of the molecule is C[C@@H]1CN([C@H](C)CO)C(=O)CCCn2nncc2CO[C@H]1CN(C)C(=O)Nc1cccc(F)c1. The predicted molar refractivity (Wildman–Crippen MR) is 123 cm³/mol. The van der Waals surface area contributed by atoms with Crippen LogP contribution in [0.25, 0.3) is 0 Å². The zero-order valence-electron chi connectivity index (χ0n) is 19.9. The van der Waals surface area contributed by atoms with Gasteiger partial charge in [-0.25, -0.2) is 13.9 Å². The highest BCUT2D eigenvalue weighted by molar-refractivity contribution is 5.89. The number of halogens is 1. The molecule has 0 saturated heterocycles. The van der Waals surface area contributed by atoms with Crippen molar-refractivity contribution in [2.45, 2.75) is 52.0 Å². The number of likely N-dealkylation sites (N-methyl/N-ethyl adjacent to an activating group) is 1. The normalized spacial score (nSPS) is 20.6. The lowest BCUT2D eigenvalue weighted by Crippen LogP contribution is -2.48. The van der Waals surface area contributed by atoms with Crippen molar-refractivity contribution < 1.29 is 23.8 Å². The monoisotopic (exact) mass is 476 g/mol. The third-order valence-corrected chi connectivity index (χ3v) is 6.02. The molecule has 10 nitrogen and oxygen atoms in total. The number of hydrogen-bond acceptors (Lipinski definition) is 6. The topological polar surface area (TPSA) is 113 Å². The number of nitrogens with zero attached hydrogens (tertiary/aromatic N) is 5. The highest BCUT2D eigenvalue weighted by atomic mass is 19.1. The van der Waals surface area contributed by atoms with Crippen LogP contribution in [0.2, 0.25) is 0 Å². The Labute approximate surface area is 198 Å². The summed E-state index contributed by atoms with van der Waals surface area (Å²) in [4.78, 5) is 28.8. The molecule has 0 unspecified atom stereocenters. The molecule has 1 aliphatic rings. The number of nitrogens with one attached hydrogen (secondary N) is 1. The second kappa shape index (κ2) is 11.9. The number of fused-ring (bicyclic) bond motifs is 1.